The summed E-state index contributed by atoms with van der Waals surface area (Å²) in [5.74, 6) is 0.941. The first-order valence-corrected chi connectivity index (χ1v) is 7.88. The van der Waals surface area contributed by atoms with Gasteiger partial charge in [-0.05, 0) is 42.7 Å². The van der Waals surface area contributed by atoms with Crippen LogP contribution in [0.15, 0.2) is 77.2 Å². The van der Waals surface area contributed by atoms with Gasteiger partial charge in [-0.1, -0.05) is 60.7 Å². The normalized spacial score (nSPS) is 11.0. The molecule has 0 bridgehead atoms. The Labute approximate surface area is 136 Å². The van der Waals surface area contributed by atoms with Crippen molar-refractivity contribution in [3.8, 4) is 22.5 Å². The van der Waals surface area contributed by atoms with Crippen LogP contribution in [0.5, 0.6) is 0 Å². The van der Waals surface area contributed by atoms with E-state index < -0.39 is 0 Å². The van der Waals surface area contributed by atoms with Gasteiger partial charge in [-0.3, -0.25) is 0 Å². The summed E-state index contributed by atoms with van der Waals surface area (Å²) in [5, 5.41) is 1.18. The summed E-state index contributed by atoms with van der Waals surface area (Å²) in [6.07, 6.45) is 0. The van der Waals surface area contributed by atoms with Gasteiger partial charge in [0.05, 0.1) is 0 Å². The zero-order valence-corrected chi connectivity index (χ0v) is 13.3. The maximum Gasteiger partial charge on any atom is 0.143 e. The Kier molecular flexibility index (Phi) is 3.27. The van der Waals surface area contributed by atoms with Crippen molar-refractivity contribution in [1.29, 1.82) is 0 Å². The van der Waals surface area contributed by atoms with Crippen LogP contribution in [0.25, 0.3) is 33.4 Å². The molecule has 3 aromatic carbocycles. The molecule has 4 aromatic rings. The number of hydrogen-bond donors (Lipinski definition) is 0. The molecule has 0 N–H and O–H groups in total. The highest BCUT2D eigenvalue weighted by atomic mass is 16.3. The molecule has 1 nitrogen and oxygen atoms in total. The van der Waals surface area contributed by atoms with E-state index in [2.05, 4.69) is 62.4 Å². The number of rotatable bonds is 2. The summed E-state index contributed by atoms with van der Waals surface area (Å²) in [5.41, 5.74) is 6.97. The molecule has 0 saturated carbocycles. The number of fused-ring (bicyclic) bond motifs is 1. The van der Waals surface area contributed by atoms with Crippen molar-refractivity contribution >= 4 is 11.0 Å². The predicted octanol–water partition coefficient (Wildman–Crippen LogP) is 6.38. The number of furan rings is 1. The molecule has 0 aliphatic rings. The Bertz CT molecular complexity index is 963. The molecule has 0 unspecified atom stereocenters. The highest BCUT2D eigenvalue weighted by molar-refractivity contribution is 6.02. The third-order valence-corrected chi connectivity index (χ3v) is 4.40. The van der Waals surface area contributed by atoms with Crippen molar-refractivity contribution in [2.24, 2.45) is 0 Å². The molecule has 0 fully saturated rings. The zero-order valence-electron chi connectivity index (χ0n) is 13.3. The lowest BCUT2D eigenvalue weighted by Gasteiger charge is -2.04. The summed E-state index contributed by atoms with van der Waals surface area (Å²) in [7, 11) is 0. The van der Waals surface area contributed by atoms with Gasteiger partial charge in [0.2, 0.25) is 0 Å². The van der Waals surface area contributed by atoms with Gasteiger partial charge in [0.25, 0.3) is 0 Å². The molecular weight excluding hydrogens is 280 g/mol. The van der Waals surface area contributed by atoms with Crippen LogP contribution >= 0.6 is 0 Å². The minimum absolute atomic E-state index is 0.941. The molecule has 0 atom stereocenters. The quantitative estimate of drug-likeness (QED) is 0.418. The average Bonchev–Trinajstić information content (AvgIpc) is 2.95. The molecular formula is C22H18O. The van der Waals surface area contributed by atoms with Crippen LogP contribution in [0.1, 0.15) is 11.1 Å². The summed E-state index contributed by atoms with van der Waals surface area (Å²) >= 11 is 0. The average molecular weight is 298 g/mol. The van der Waals surface area contributed by atoms with Gasteiger partial charge < -0.3 is 4.42 Å². The Morgan fingerprint density at radius 3 is 1.87 bits per heavy atom. The van der Waals surface area contributed by atoms with Crippen molar-refractivity contribution < 1.29 is 4.42 Å². The Morgan fingerprint density at radius 1 is 0.652 bits per heavy atom. The van der Waals surface area contributed by atoms with Gasteiger partial charge in [-0.15, -0.1) is 0 Å². The maximum absolute atomic E-state index is 6.28. The van der Waals surface area contributed by atoms with E-state index in [4.69, 9.17) is 4.42 Å². The Balaban J connectivity index is 2.09. The lowest BCUT2D eigenvalue weighted by molar-refractivity contribution is 0.632. The fourth-order valence-corrected chi connectivity index (χ4v) is 3.04. The van der Waals surface area contributed by atoms with Gasteiger partial charge in [0, 0.05) is 16.5 Å². The summed E-state index contributed by atoms with van der Waals surface area (Å²) in [6, 6.07) is 25.2. The molecule has 0 spiro atoms. The lowest BCUT2D eigenvalue weighted by atomic mass is 9.97. The van der Waals surface area contributed by atoms with Crippen LogP contribution in [0.2, 0.25) is 0 Å². The van der Waals surface area contributed by atoms with E-state index >= 15 is 0 Å². The number of hydrogen-bond acceptors (Lipinski definition) is 1. The molecule has 1 aromatic heterocycles. The van der Waals surface area contributed by atoms with Crippen LogP contribution in [0, 0.1) is 13.8 Å². The van der Waals surface area contributed by atoms with Gasteiger partial charge in [-0.2, -0.15) is 0 Å². The van der Waals surface area contributed by atoms with E-state index in [0.717, 1.165) is 16.9 Å². The summed E-state index contributed by atoms with van der Waals surface area (Å²) in [6.45, 7) is 4.28. The summed E-state index contributed by atoms with van der Waals surface area (Å²) in [4.78, 5) is 0. The smallest absolute Gasteiger partial charge is 0.143 e. The lowest BCUT2D eigenvalue weighted by Crippen LogP contribution is -1.82. The van der Waals surface area contributed by atoms with E-state index in [0.29, 0.717) is 0 Å². The molecule has 4 rings (SSSR count). The maximum atomic E-state index is 6.28. The highest BCUT2D eigenvalue weighted by Crippen LogP contribution is 2.41. The SMILES string of the molecule is Cc1cc2oc(-c3ccccc3)c(-c3ccccc3)c2cc1C. The van der Waals surface area contributed by atoms with Crippen molar-refractivity contribution in [2.45, 2.75) is 13.8 Å². The number of benzene rings is 3. The zero-order chi connectivity index (χ0) is 15.8. The molecule has 0 amide bonds. The third kappa shape index (κ3) is 2.35. The Morgan fingerprint density at radius 2 is 1.22 bits per heavy atom. The predicted molar refractivity (Wildman–Crippen MR) is 96.6 cm³/mol. The van der Waals surface area contributed by atoms with E-state index in [1.165, 1.54) is 27.6 Å². The van der Waals surface area contributed by atoms with E-state index in [1.54, 1.807) is 0 Å². The minimum Gasteiger partial charge on any atom is -0.455 e. The fraction of sp³-hybridized carbons (Fsp3) is 0.0909. The van der Waals surface area contributed by atoms with Crippen molar-refractivity contribution in [3.63, 3.8) is 0 Å². The third-order valence-electron chi connectivity index (χ3n) is 4.40. The monoisotopic (exact) mass is 298 g/mol. The van der Waals surface area contributed by atoms with E-state index in [-0.39, 0.29) is 0 Å². The van der Waals surface area contributed by atoms with Crippen molar-refractivity contribution in [1.82, 2.24) is 0 Å². The van der Waals surface area contributed by atoms with Gasteiger partial charge in [0.1, 0.15) is 11.3 Å². The molecule has 0 aliphatic heterocycles. The molecule has 0 radical (unpaired) electrons. The Hall–Kier alpha value is -2.80. The number of aryl methyl sites for hydroxylation is 2. The first-order valence-electron chi connectivity index (χ1n) is 7.88. The first-order chi connectivity index (χ1) is 11.2. The van der Waals surface area contributed by atoms with Crippen LogP contribution in [-0.4, -0.2) is 0 Å². The first kappa shape index (κ1) is 13.8. The molecule has 23 heavy (non-hydrogen) atoms. The second kappa shape index (κ2) is 5.44. The molecule has 0 aliphatic carbocycles. The molecule has 112 valence electrons. The molecule has 1 heterocycles. The summed E-state index contributed by atoms with van der Waals surface area (Å²) < 4.78 is 6.28. The van der Waals surface area contributed by atoms with Crippen molar-refractivity contribution in [2.75, 3.05) is 0 Å². The highest BCUT2D eigenvalue weighted by Gasteiger charge is 2.18. The largest absolute Gasteiger partial charge is 0.455 e. The van der Waals surface area contributed by atoms with Crippen LogP contribution in [-0.2, 0) is 0 Å². The topological polar surface area (TPSA) is 13.1 Å². The fourth-order valence-electron chi connectivity index (χ4n) is 3.04. The van der Waals surface area contributed by atoms with Crippen molar-refractivity contribution in [3.05, 3.63) is 83.9 Å². The van der Waals surface area contributed by atoms with Gasteiger partial charge in [0.15, 0.2) is 0 Å². The van der Waals surface area contributed by atoms with E-state index in [9.17, 15) is 0 Å². The second-order valence-corrected chi connectivity index (χ2v) is 5.97. The van der Waals surface area contributed by atoms with Crippen LogP contribution in [0.3, 0.4) is 0 Å². The van der Waals surface area contributed by atoms with Gasteiger partial charge in [-0.25, -0.2) is 0 Å². The minimum atomic E-state index is 0.941. The van der Waals surface area contributed by atoms with Gasteiger partial charge >= 0.3 is 0 Å². The molecule has 1 heteroatoms. The van der Waals surface area contributed by atoms with Crippen LogP contribution < -0.4 is 0 Å². The van der Waals surface area contributed by atoms with Crippen LogP contribution in [0.4, 0.5) is 0 Å². The van der Waals surface area contributed by atoms with E-state index in [1.807, 2.05) is 24.3 Å². The second-order valence-electron chi connectivity index (χ2n) is 5.97. The standard InChI is InChI=1S/C22H18O/c1-15-13-19-20(14-16(15)2)23-22(18-11-7-4-8-12-18)21(19)17-9-5-3-6-10-17/h3-14H,1-2H3. The molecule has 0 saturated heterocycles.